The summed E-state index contributed by atoms with van der Waals surface area (Å²) in [5.41, 5.74) is 0.437. The van der Waals surface area contributed by atoms with Crippen molar-refractivity contribution in [1.82, 2.24) is 9.78 Å². The number of rotatable bonds is 3. The van der Waals surface area contributed by atoms with Gasteiger partial charge in [-0.25, -0.2) is 4.79 Å². The van der Waals surface area contributed by atoms with Crippen molar-refractivity contribution in [3.8, 4) is 0 Å². The van der Waals surface area contributed by atoms with Crippen molar-refractivity contribution in [3.05, 3.63) is 15.9 Å². The third-order valence-corrected chi connectivity index (χ3v) is 2.37. The van der Waals surface area contributed by atoms with E-state index in [9.17, 15) is 9.59 Å². The minimum atomic E-state index is -0.539. The average Bonchev–Trinajstić information content (AvgIpc) is 2.41. The molecule has 0 aliphatic carbocycles. The summed E-state index contributed by atoms with van der Waals surface area (Å²) in [4.78, 5) is 22.9. The summed E-state index contributed by atoms with van der Waals surface area (Å²) in [7, 11) is 1.60. The van der Waals surface area contributed by atoms with Crippen molar-refractivity contribution in [2.75, 3.05) is 6.61 Å². The molecule has 0 radical (unpaired) electrons. The maximum Gasteiger partial charge on any atom is 0.343 e. The molecule has 0 bridgehead atoms. The summed E-state index contributed by atoms with van der Waals surface area (Å²) in [6, 6.07) is 0. The number of halogens is 1. The Labute approximate surface area is 95.5 Å². The Morgan fingerprint density at radius 2 is 2.13 bits per heavy atom. The van der Waals surface area contributed by atoms with E-state index < -0.39 is 5.97 Å². The first-order valence-corrected chi connectivity index (χ1v) is 5.18. The molecule has 0 spiro atoms. The van der Waals surface area contributed by atoms with Crippen LogP contribution in [0.4, 0.5) is 0 Å². The number of esters is 1. The quantitative estimate of drug-likeness (QED) is 0.620. The predicted octanol–water partition coefficient (Wildman–Crippen LogP) is 1.56. The Hall–Kier alpha value is -1.17. The summed E-state index contributed by atoms with van der Waals surface area (Å²) >= 11 is 3.12. The Morgan fingerprint density at radius 3 is 2.60 bits per heavy atom. The van der Waals surface area contributed by atoms with E-state index in [1.165, 1.54) is 11.6 Å². The van der Waals surface area contributed by atoms with Gasteiger partial charge in [0.05, 0.1) is 6.61 Å². The van der Waals surface area contributed by atoms with Crippen molar-refractivity contribution in [2.24, 2.45) is 7.05 Å². The Bertz CT molecular complexity index is 412. The second-order valence-electron chi connectivity index (χ2n) is 2.91. The molecule has 6 heteroatoms. The van der Waals surface area contributed by atoms with Gasteiger partial charge in [-0.3, -0.25) is 9.48 Å². The third kappa shape index (κ3) is 2.26. The fraction of sp³-hybridized carbons (Fsp3) is 0.444. The highest BCUT2D eigenvalue weighted by atomic mass is 79.9. The number of Topliss-reactive ketones (excluding diaryl/α,β-unsaturated/α-hetero) is 1. The molecule has 1 rings (SSSR count). The number of carbonyl (C=O) groups is 2. The van der Waals surface area contributed by atoms with Crippen LogP contribution in [0.25, 0.3) is 0 Å². The van der Waals surface area contributed by atoms with Gasteiger partial charge in [0.15, 0.2) is 5.78 Å². The minimum absolute atomic E-state index is 0.187. The molecule has 0 aliphatic rings. The lowest BCUT2D eigenvalue weighted by atomic mass is 10.2. The maximum atomic E-state index is 11.5. The molecule has 1 aromatic rings. The molecule has 0 fully saturated rings. The van der Waals surface area contributed by atoms with Gasteiger partial charge < -0.3 is 4.74 Å². The second-order valence-corrected chi connectivity index (χ2v) is 3.67. The smallest absolute Gasteiger partial charge is 0.343 e. The SMILES string of the molecule is CCOC(=O)c1c(Br)nn(C)c1C(C)=O. The van der Waals surface area contributed by atoms with E-state index in [1.54, 1.807) is 14.0 Å². The molecule has 1 aromatic heterocycles. The Kier molecular flexibility index (Phi) is 3.62. The number of aromatic nitrogens is 2. The van der Waals surface area contributed by atoms with Crippen LogP contribution in [0.3, 0.4) is 0 Å². The van der Waals surface area contributed by atoms with Crippen molar-refractivity contribution in [1.29, 1.82) is 0 Å². The van der Waals surface area contributed by atoms with E-state index in [1.807, 2.05) is 0 Å². The highest BCUT2D eigenvalue weighted by Crippen LogP contribution is 2.20. The molecular formula is C9H11BrN2O3. The maximum absolute atomic E-state index is 11.5. The lowest BCUT2D eigenvalue weighted by Gasteiger charge is -2.02. The molecule has 1 heterocycles. The lowest BCUT2D eigenvalue weighted by Crippen LogP contribution is -2.12. The minimum Gasteiger partial charge on any atom is -0.462 e. The first-order chi connectivity index (χ1) is 6.99. The predicted molar refractivity (Wildman–Crippen MR) is 56.9 cm³/mol. The highest BCUT2D eigenvalue weighted by molar-refractivity contribution is 9.10. The van der Waals surface area contributed by atoms with Gasteiger partial charge >= 0.3 is 5.97 Å². The van der Waals surface area contributed by atoms with Crippen LogP contribution >= 0.6 is 15.9 Å². The van der Waals surface area contributed by atoms with Gasteiger partial charge in [0.2, 0.25) is 0 Å². The van der Waals surface area contributed by atoms with Crippen LogP contribution < -0.4 is 0 Å². The molecule has 0 aliphatic heterocycles. The largest absolute Gasteiger partial charge is 0.462 e. The zero-order chi connectivity index (χ0) is 11.6. The van der Waals surface area contributed by atoms with Crippen molar-refractivity contribution in [2.45, 2.75) is 13.8 Å². The van der Waals surface area contributed by atoms with E-state index in [0.717, 1.165) is 0 Å². The summed E-state index contributed by atoms with van der Waals surface area (Å²) in [5.74, 6) is -0.763. The Morgan fingerprint density at radius 1 is 1.53 bits per heavy atom. The standard InChI is InChI=1S/C9H11BrN2O3/c1-4-15-9(14)6-7(5(2)13)12(3)11-8(6)10/h4H2,1-3H3. The molecule has 0 aromatic carbocycles. The molecule has 0 saturated carbocycles. The number of hydrogen-bond donors (Lipinski definition) is 0. The second kappa shape index (κ2) is 4.57. The van der Waals surface area contributed by atoms with Crippen LogP contribution in [-0.4, -0.2) is 28.1 Å². The van der Waals surface area contributed by atoms with Crippen molar-refractivity contribution >= 4 is 27.7 Å². The van der Waals surface area contributed by atoms with Crippen LogP contribution in [0.2, 0.25) is 0 Å². The number of ketones is 1. The van der Waals surface area contributed by atoms with Gasteiger partial charge in [-0.1, -0.05) is 0 Å². The van der Waals surface area contributed by atoms with Gasteiger partial charge in [-0.05, 0) is 22.9 Å². The topological polar surface area (TPSA) is 61.2 Å². The summed E-state index contributed by atoms with van der Waals surface area (Å²) in [5, 5.41) is 3.95. The summed E-state index contributed by atoms with van der Waals surface area (Å²) in [6.07, 6.45) is 0. The van der Waals surface area contributed by atoms with E-state index >= 15 is 0 Å². The van der Waals surface area contributed by atoms with Gasteiger partial charge in [0.25, 0.3) is 0 Å². The van der Waals surface area contributed by atoms with Gasteiger partial charge in [-0.2, -0.15) is 5.10 Å². The van der Waals surface area contributed by atoms with E-state index in [4.69, 9.17) is 4.74 Å². The summed E-state index contributed by atoms with van der Waals surface area (Å²) < 4.78 is 6.53. The van der Waals surface area contributed by atoms with Crippen LogP contribution in [0.15, 0.2) is 4.60 Å². The van der Waals surface area contributed by atoms with E-state index in [2.05, 4.69) is 21.0 Å². The van der Waals surface area contributed by atoms with Crippen LogP contribution in [-0.2, 0) is 11.8 Å². The number of ether oxygens (including phenoxy) is 1. The first kappa shape index (κ1) is 11.9. The first-order valence-electron chi connectivity index (χ1n) is 4.39. The van der Waals surface area contributed by atoms with Gasteiger partial charge in [0, 0.05) is 14.0 Å². The zero-order valence-electron chi connectivity index (χ0n) is 8.70. The molecule has 0 amide bonds. The molecular weight excluding hydrogens is 264 g/mol. The highest BCUT2D eigenvalue weighted by Gasteiger charge is 2.24. The molecule has 0 atom stereocenters. The summed E-state index contributed by atoms with van der Waals surface area (Å²) in [6.45, 7) is 3.35. The fourth-order valence-electron chi connectivity index (χ4n) is 1.28. The Balaban J connectivity index is 3.26. The van der Waals surface area contributed by atoms with Crippen LogP contribution in [0, 0.1) is 0 Å². The molecule has 0 unspecified atom stereocenters. The number of aryl methyl sites for hydroxylation is 1. The number of nitrogens with zero attached hydrogens (tertiary/aromatic N) is 2. The monoisotopic (exact) mass is 274 g/mol. The normalized spacial score (nSPS) is 10.1. The van der Waals surface area contributed by atoms with E-state index in [-0.39, 0.29) is 23.6 Å². The average molecular weight is 275 g/mol. The van der Waals surface area contributed by atoms with Crippen molar-refractivity contribution in [3.63, 3.8) is 0 Å². The lowest BCUT2D eigenvalue weighted by molar-refractivity contribution is 0.0522. The number of hydrogen-bond acceptors (Lipinski definition) is 4. The molecule has 82 valence electrons. The number of carbonyl (C=O) groups excluding carboxylic acids is 2. The fourth-order valence-corrected chi connectivity index (χ4v) is 1.87. The van der Waals surface area contributed by atoms with Gasteiger partial charge in [-0.15, -0.1) is 0 Å². The van der Waals surface area contributed by atoms with Crippen LogP contribution in [0.5, 0.6) is 0 Å². The molecule has 0 saturated heterocycles. The van der Waals surface area contributed by atoms with E-state index in [0.29, 0.717) is 4.60 Å². The third-order valence-electron chi connectivity index (χ3n) is 1.82. The zero-order valence-corrected chi connectivity index (χ0v) is 10.3. The van der Waals surface area contributed by atoms with Crippen LogP contribution in [0.1, 0.15) is 34.7 Å². The molecule has 0 N–H and O–H groups in total. The molecule has 15 heavy (non-hydrogen) atoms. The van der Waals surface area contributed by atoms with Gasteiger partial charge in [0.1, 0.15) is 15.9 Å². The van der Waals surface area contributed by atoms with Crippen molar-refractivity contribution < 1.29 is 14.3 Å². The molecule has 5 nitrogen and oxygen atoms in total.